The van der Waals surface area contributed by atoms with E-state index < -0.39 is 0 Å². The molecule has 3 aromatic rings. The summed E-state index contributed by atoms with van der Waals surface area (Å²) in [5, 5.41) is 4.77. The van der Waals surface area contributed by atoms with E-state index >= 15 is 0 Å². The summed E-state index contributed by atoms with van der Waals surface area (Å²) in [6.45, 7) is 3.15. The van der Waals surface area contributed by atoms with Crippen LogP contribution in [0.4, 0.5) is 0 Å². The molecule has 0 aromatic heterocycles. The van der Waals surface area contributed by atoms with E-state index in [1.165, 1.54) is 5.56 Å². The first-order valence-corrected chi connectivity index (χ1v) is 10.8. The fourth-order valence-corrected chi connectivity index (χ4v) is 3.76. The molecule has 1 atom stereocenters. The van der Waals surface area contributed by atoms with Crippen LogP contribution in [0, 0.1) is 0 Å². The Morgan fingerprint density at radius 1 is 0.900 bits per heavy atom. The van der Waals surface area contributed by atoms with E-state index in [4.69, 9.17) is 32.7 Å². The quantitative estimate of drug-likeness (QED) is 0.378. The van der Waals surface area contributed by atoms with Gasteiger partial charge in [-0.3, -0.25) is 0 Å². The lowest BCUT2D eigenvalue weighted by atomic mass is 10.1. The molecular formula is C25H27Cl2NO2. The minimum absolute atomic E-state index is 0.273. The van der Waals surface area contributed by atoms with Gasteiger partial charge in [-0.05, 0) is 43.5 Å². The van der Waals surface area contributed by atoms with Crippen molar-refractivity contribution in [3.05, 3.63) is 93.5 Å². The number of hydrogen-bond acceptors (Lipinski definition) is 3. The molecule has 0 bridgehead atoms. The number of aryl methyl sites for hydroxylation is 1. The van der Waals surface area contributed by atoms with Crippen molar-refractivity contribution in [1.29, 1.82) is 0 Å². The molecule has 158 valence electrons. The highest BCUT2D eigenvalue weighted by molar-refractivity contribution is 6.35. The number of ether oxygens (including phenoxy) is 2. The summed E-state index contributed by atoms with van der Waals surface area (Å²) in [7, 11) is 1.64. The van der Waals surface area contributed by atoms with Crippen molar-refractivity contribution in [1.82, 2.24) is 5.32 Å². The average Bonchev–Trinajstić information content (AvgIpc) is 2.77. The lowest BCUT2D eigenvalue weighted by Crippen LogP contribution is -2.26. The molecule has 0 amide bonds. The van der Waals surface area contributed by atoms with Gasteiger partial charge in [0.05, 0.1) is 7.11 Å². The molecule has 1 N–H and O–H groups in total. The van der Waals surface area contributed by atoms with Crippen molar-refractivity contribution in [3.63, 3.8) is 0 Å². The lowest BCUT2D eigenvalue weighted by Gasteiger charge is -2.19. The molecule has 3 aromatic carbocycles. The van der Waals surface area contributed by atoms with Crippen LogP contribution in [-0.4, -0.2) is 13.2 Å². The Kier molecular flexibility index (Phi) is 8.44. The zero-order valence-corrected chi connectivity index (χ0v) is 18.8. The number of nitrogens with one attached hydrogen (secondary N) is 1. The third kappa shape index (κ3) is 6.15. The molecule has 0 saturated carbocycles. The fraction of sp³-hybridized carbons (Fsp3) is 0.280. The summed E-state index contributed by atoms with van der Waals surface area (Å²) in [4.78, 5) is 0. The van der Waals surface area contributed by atoms with Gasteiger partial charge in [0.1, 0.15) is 6.61 Å². The molecule has 3 nitrogen and oxygen atoms in total. The van der Waals surface area contributed by atoms with Crippen LogP contribution in [-0.2, 0) is 19.6 Å². The number of halogens is 2. The van der Waals surface area contributed by atoms with Gasteiger partial charge in [0.25, 0.3) is 0 Å². The minimum Gasteiger partial charge on any atom is -0.493 e. The van der Waals surface area contributed by atoms with Gasteiger partial charge in [-0.2, -0.15) is 0 Å². The first kappa shape index (κ1) is 22.5. The molecule has 0 aliphatic carbocycles. The van der Waals surface area contributed by atoms with Crippen LogP contribution in [0.5, 0.6) is 11.5 Å². The van der Waals surface area contributed by atoms with Gasteiger partial charge < -0.3 is 14.8 Å². The average molecular weight is 444 g/mol. The van der Waals surface area contributed by atoms with E-state index in [0.29, 0.717) is 34.1 Å². The van der Waals surface area contributed by atoms with Gasteiger partial charge >= 0.3 is 0 Å². The third-order valence-electron chi connectivity index (χ3n) is 5.05. The Labute approximate surface area is 188 Å². The minimum atomic E-state index is 0.273. The van der Waals surface area contributed by atoms with Crippen LogP contribution in [0.2, 0.25) is 10.0 Å². The van der Waals surface area contributed by atoms with Crippen LogP contribution >= 0.6 is 23.2 Å². The molecule has 0 radical (unpaired) electrons. The SMILES string of the molecule is COc1cccc(CN[C@@H](C)CCc2ccccc2)c1OCc1c(Cl)cccc1Cl. The molecule has 5 heteroatoms. The molecule has 0 aliphatic rings. The highest BCUT2D eigenvalue weighted by Gasteiger charge is 2.14. The number of rotatable bonds is 10. The maximum Gasteiger partial charge on any atom is 0.166 e. The van der Waals surface area contributed by atoms with E-state index in [-0.39, 0.29) is 6.61 Å². The molecule has 3 rings (SSSR count). The molecule has 0 saturated heterocycles. The van der Waals surface area contributed by atoms with Gasteiger partial charge in [-0.1, -0.05) is 71.7 Å². The third-order valence-corrected chi connectivity index (χ3v) is 5.76. The van der Waals surface area contributed by atoms with Crippen molar-refractivity contribution < 1.29 is 9.47 Å². The number of hydrogen-bond donors (Lipinski definition) is 1. The van der Waals surface area contributed by atoms with Crippen molar-refractivity contribution in [2.75, 3.05) is 7.11 Å². The van der Waals surface area contributed by atoms with Gasteiger partial charge in [0.15, 0.2) is 11.5 Å². The van der Waals surface area contributed by atoms with Crippen molar-refractivity contribution >= 4 is 23.2 Å². The van der Waals surface area contributed by atoms with Crippen molar-refractivity contribution in [2.24, 2.45) is 0 Å². The molecule has 0 spiro atoms. The predicted octanol–water partition coefficient (Wildman–Crippen LogP) is 6.69. The van der Waals surface area contributed by atoms with E-state index in [0.717, 1.165) is 24.0 Å². The molecule has 0 unspecified atom stereocenters. The zero-order chi connectivity index (χ0) is 21.3. The summed E-state index contributed by atoms with van der Waals surface area (Å²) in [6, 6.07) is 22.3. The summed E-state index contributed by atoms with van der Waals surface area (Å²) in [5.41, 5.74) is 3.15. The number of para-hydroxylation sites is 1. The first-order chi connectivity index (χ1) is 14.6. The maximum absolute atomic E-state index is 6.29. The maximum atomic E-state index is 6.29. The highest BCUT2D eigenvalue weighted by atomic mass is 35.5. The van der Waals surface area contributed by atoms with Gasteiger partial charge in [-0.15, -0.1) is 0 Å². The van der Waals surface area contributed by atoms with Crippen LogP contribution < -0.4 is 14.8 Å². The topological polar surface area (TPSA) is 30.5 Å². The number of methoxy groups -OCH3 is 1. The Morgan fingerprint density at radius 3 is 2.30 bits per heavy atom. The van der Waals surface area contributed by atoms with Crippen molar-refractivity contribution in [2.45, 2.75) is 39.0 Å². The normalized spacial score (nSPS) is 11.9. The second kappa shape index (κ2) is 11.3. The summed E-state index contributed by atoms with van der Waals surface area (Å²) in [6.07, 6.45) is 2.10. The predicted molar refractivity (Wildman–Crippen MR) is 125 cm³/mol. The second-order valence-corrected chi connectivity index (χ2v) is 8.06. The van der Waals surface area contributed by atoms with Crippen LogP contribution in [0.15, 0.2) is 66.7 Å². The van der Waals surface area contributed by atoms with Gasteiger partial charge in [0.2, 0.25) is 0 Å². The van der Waals surface area contributed by atoms with Crippen LogP contribution in [0.3, 0.4) is 0 Å². The standard InChI is InChI=1S/C25H27Cl2NO2/c1-18(14-15-19-8-4-3-5-9-19)28-16-20-10-6-13-24(29-2)25(20)30-17-21-22(26)11-7-12-23(21)27/h3-13,18,28H,14-17H2,1-2H3/t18-/m0/s1. The monoisotopic (exact) mass is 443 g/mol. The Morgan fingerprint density at radius 2 is 1.60 bits per heavy atom. The first-order valence-electron chi connectivity index (χ1n) is 10.1. The largest absolute Gasteiger partial charge is 0.493 e. The smallest absolute Gasteiger partial charge is 0.166 e. The summed E-state index contributed by atoms with van der Waals surface area (Å²) >= 11 is 12.6. The molecule has 0 heterocycles. The summed E-state index contributed by atoms with van der Waals surface area (Å²) < 4.78 is 11.7. The van der Waals surface area contributed by atoms with Crippen molar-refractivity contribution in [3.8, 4) is 11.5 Å². The summed E-state index contributed by atoms with van der Waals surface area (Å²) in [5.74, 6) is 1.40. The Hall–Kier alpha value is -2.20. The van der Waals surface area contributed by atoms with E-state index in [9.17, 15) is 0 Å². The Bertz CT molecular complexity index is 927. The second-order valence-electron chi connectivity index (χ2n) is 7.24. The molecular weight excluding hydrogens is 417 g/mol. The van der Waals surface area contributed by atoms with E-state index in [1.54, 1.807) is 7.11 Å². The highest BCUT2D eigenvalue weighted by Crippen LogP contribution is 2.33. The van der Waals surface area contributed by atoms with E-state index in [1.807, 2.05) is 42.5 Å². The van der Waals surface area contributed by atoms with E-state index in [2.05, 4.69) is 36.5 Å². The van der Waals surface area contributed by atoms with Gasteiger partial charge in [-0.25, -0.2) is 0 Å². The van der Waals surface area contributed by atoms with Crippen LogP contribution in [0.25, 0.3) is 0 Å². The molecule has 0 fully saturated rings. The lowest BCUT2D eigenvalue weighted by molar-refractivity contribution is 0.280. The molecule has 0 aliphatic heterocycles. The Balaban J connectivity index is 1.64. The van der Waals surface area contributed by atoms with Gasteiger partial charge in [0, 0.05) is 33.8 Å². The number of benzene rings is 3. The van der Waals surface area contributed by atoms with Crippen LogP contribution in [0.1, 0.15) is 30.0 Å². The zero-order valence-electron chi connectivity index (χ0n) is 17.3. The fourth-order valence-electron chi connectivity index (χ4n) is 3.25. The molecule has 30 heavy (non-hydrogen) atoms.